The molecule has 0 atom stereocenters. The summed E-state index contributed by atoms with van der Waals surface area (Å²) in [6.45, 7) is 12.2. The minimum absolute atomic E-state index is 0.0493. The molecule has 1 aromatic rings. The first-order chi connectivity index (χ1) is 9.34. The van der Waals surface area contributed by atoms with Gasteiger partial charge in [-0.2, -0.15) is 0 Å². The third-order valence-corrected chi connectivity index (χ3v) is 3.42. The van der Waals surface area contributed by atoms with E-state index in [2.05, 4.69) is 32.6 Å². The van der Waals surface area contributed by atoms with Crippen LogP contribution in [0.2, 0.25) is 0 Å². The number of hydrogen-bond donors (Lipinski definition) is 2. The third kappa shape index (κ3) is 4.23. The van der Waals surface area contributed by atoms with Gasteiger partial charge in [0.25, 0.3) is 0 Å². The van der Waals surface area contributed by atoms with E-state index in [0.717, 1.165) is 17.9 Å². The van der Waals surface area contributed by atoms with E-state index in [1.807, 2.05) is 25.1 Å². The summed E-state index contributed by atoms with van der Waals surface area (Å²) in [6.07, 6.45) is 0. The van der Waals surface area contributed by atoms with Crippen molar-refractivity contribution >= 4 is 5.84 Å². The van der Waals surface area contributed by atoms with Crippen LogP contribution in [0.15, 0.2) is 18.2 Å². The van der Waals surface area contributed by atoms with Crippen LogP contribution in [0.3, 0.4) is 0 Å². The van der Waals surface area contributed by atoms with Crippen LogP contribution in [0.4, 0.5) is 0 Å². The highest BCUT2D eigenvalue weighted by atomic mass is 16.5. The number of rotatable bonds is 7. The van der Waals surface area contributed by atoms with Crippen molar-refractivity contribution in [2.45, 2.75) is 46.7 Å². The SMILES string of the molecule is Cc1cccc(C(=N)N)c1OCCN(C(C)C)C(C)C. The average Bonchev–Trinajstić information content (AvgIpc) is 2.34. The molecule has 0 aliphatic carbocycles. The number of para-hydroxylation sites is 1. The van der Waals surface area contributed by atoms with Crippen LogP contribution < -0.4 is 10.5 Å². The summed E-state index contributed by atoms with van der Waals surface area (Å²) in [5.41, 5.74) is 7.29. The van der Waals surface area contributed by atoms with E-state index in [-0.39, 0.29) is 5.84 Å². The fourth-order valence-electron chi connectivity index (χ4n) is 2.42. The van der Waals surface area contributed by atoms with E-state index in [1.165, 1.54) is 0 Å². The molecular weight excluding hydrogens is 250 g/mol. The summed E-state index contributed by atoms with van der Waals surface area (Å²) >= 11 is 0. The molecule has 0 bridgehead atoms. The van der Waals surface area contributed by atoms with E-state index in [9.17, 15) is 0 Å². The molecule has 0 saturated carbocycles. The van der Waals surface area contributed by atoms with Crippen LogP contribution in [-0.2, 0) is 0 Å². The van der Waals surface area contributed by atoms with E-state index in [1.54, 1.807) is 0 Å². The number of nitrogens with one attached hydrogen (secondary N) is 1. The van der Waals surface area contributed by atoms with Gasteiger partial charge in [-0.1, -0.05) is 12.1 Å². The van der Waals surface area contributed by atoms with Crippen molar-refractivity contribution in [2.24, 2.45) is 5.73 Å². The van der Waals surface area contributed by atoms with Gasteiger partial charge in [0.1, 0.15) is 18.2 Å². The molecule has 20 heavy (non-hydrogen) atoms. The summed E-state index contributed by atoms with van der Waals surface area (Å²) < 4.78 is 5.90. The van der Waals surface area contributed by atoms with Gasteiger partial charge >= 0.3 is 0 Å². The average molecular weight is 277 g/mol. The summed E-state index contributed by atoms with van der Waals surface area (Å²) in [7, 11) is 0. The molecule has 0 aromatic heterocycles. The Hall–Kier alpha value is -1.55. The zero-order valence-electron chi connectivity index (χ0n) is 13.2. The number of nitrogen functional groups attached to an aromatic ring is 1. The number of ether oxygens (including phenoxy) is 1. The lowest BCUT2D eigenvalue weighted by Crippen LogP contribution is -2.39. The molecule has 0 aliphatic rings. The number of amidine groups is 1. The lowest BCUT2D eigenvalue weighted by Gasteiger charge is -2.30. The standard InChI is InChI=1S/C16H27N3O/c1-11(2)19(12(3)4)9-10-20-15-13(5)7-6-8-14(15)16(17)18/h6-8,11-12H,9-10H2,1-5H3,(H3,17,18). The minimum atomic E-state index is 0.0493. The number of nitrogens with zero attached hydrogens (tertiary/aromatic N) is 1. The van der Waals surface area contributed by atoms with Crippen molar-refractivity contribution < 1.29 is 4.74 Å². The van der Waals surface area contributed by atoms with Gasteiger partial charge in [0.2, 0.25) is 0 Å². The highest BCUT2D eigenvalue weighted by Gasteiger charge is 2.14. The Morgan fingerprint density at radius 1 is 1.25 bits per heavy atom. The molecule has 0 amide bonds. The fraction of sp³-hybridized carbons (Fsp3) is 0.562. The zero-order valence-corrected chi connectivity index (χ0v) is 13.2. The first-order valence-electron chi connectivity index (χ1n) is 7.17. The quantitative estimate of drug-likeness (QED) is 0.595. The maximum Gasteiger partial charge on any atom is 0.133 e. The second kappa shape index (κ2) is 7.29. The van der Waals surface area contributed by atoms with Crippen molar-refractivity contribution in [3.8, 4) is 5.75 Å². The van der Waals surface area contributed by atoms with E-state index < -0.39 is 0 Å². The van der Waals surface area contributed by atoms with Gasteiger partial charge in [-0.3, -0.25) is 10.3 Å². The summed E-state index contributed by atoms with van der Waals surface area (Å²) in [5.74, 6) is 0.778. The summed E-state index contributed by atoms with van der Waals surface area (Å²) in [4.78, 5) is 2.38. The highest BCUT2D eigenvalue weighted by molar-refractivity contribution is 5.98. The van der Waals surface area contributed by atoms with Crippen LogP contribution in [0.1, 0.15) is 38.8 Å². The maximum absolute atomic E-state index is 7.62. The predicted molar refractivity (Wildman–Crippen MR) is 84.7 cm³/mol. The van der Waals surface area contributed by atoms with Crippen LogP contribution in [-0.4, -0.2) is 36.0 Å². The molecule has 1 aromatic carbocycles. The lowest BCUT2D eigenvalue weighted by atomic mass is 10.1. The molecule has 0 saturated heterocycles. The van der Waals surface area contributed by atoms with Crippen molar-refractivity contribution in [3.63, 3.8) is 0 Å². The van der Waals surface area contributed by atoms with Crippen molar-refractivity contribution in [2.75, 3.05) is 13.2 Å². The van der Waals surface area contributed by atoms with Gasteiger partial charge in [-0.15, -0.1) is 0 Å². The highest BCUT2D eigenvalue weighted by Crippen LogP contribution is 2.23. The molecule has 0 spiro atoms. The van der Waals surface area contributed by atoms with Crippen molar-refractivity contribution in [1.82, 2.24) is 4.90 Å². The van der Waals surface area contributed by atoms with Gasteiger partial charge in [0.15, 0.2) is 0 Å². The monoisotopic (exact) mass is 277 g/mol. The Morgan fingerprint density at radius 2 is 1.85 bits per heavy atom. The van der Waals surface area contributed by atoms with Gasteiger partial charge < -0.3 is 10.5 Å². The van der Waals surface area contributed by atoms with Crippen molar-refractivity contribution in [3.05, 3.63) is 29.3 Å². The van der Waals surface area contributed by atoms with Crippen LogP contribution in [0.5, 0.6) is 5.75 Å². The number of hydrogen-bond acceptors (Lipinski definition) is 3. The fourth-order valence-corrected chi connectivity index (χ4v) is 2.42. The molecule has 4 nitrogen and oxygen atoms in total. The normalized spacial score (nSPS) is 11.4. The maximum atomic E-state index is 7.62. The molecule has 0 unspecified atom stereocenters. The molecule has 0 aliphatic heterocycles. The van der Waals surface area contributed by atoms with Gasteiger partial charge in [0, 0.05) is 18.6 Å². The predicted octanol–water partition coefficient (Wildman–Crippen LogP) is 2.78. The molecule has 1 rings (SSSR count). The second-order valence-electron chi connectivity index (χ2n) is 5.64. The Kier molecular flexibility index (Phi) is 6.02. The Morgan fingerprint density at radius 3 is 2.35 bits per heavy atom. The van der Waals surface area contributed by atoms with E-state index >= 15 is 0 Å². The molecule has 0 radical (unpaired) electrons. The Balaban J connectivity index is 2.73. The third-order valence-electron chi connectivity index (χ3n) is 3.42. The van der Waals surface area contributed by atoms with Crippen LogP contribution in [0.25, 0.3) is 0 Å². The van der Waals surface area contributed by atoms with E-state index in [4.69, 9.17) is 15.9 Å². The van der Waals surface area contributed by atoms with Gasteiger partial charge in [0.05, 0.1) is 5.56 Å². The smallest absolute Gasteiger partial charge is 0.133 e. The van der Waals surface area contributed by atoms with Gasteiger partial charge in [-0.25, -0.2) is 0 Å². The summed E-state index contributed by atoms with van der Waals surface area (Å²) in [5, 5.41) is 7.62. The number of nitrogens with two attached hydrogens (primary N) is 1. The first-order valence-corrected chi connectivity index (χ1v) is 7.17. The second-order valence-corrected chi connectivity index (χ2v) is 5.64. The molecule has 3 N–H and O–H groups in total. The Bertz CT molecular complexity index is 447. The number of aryl methyl sites for hydroxylation is 1. The van der Waals surface area contributed by atoms with Crippen LogP contribution >= 0.6 is 0 Å². The largest absolute Gasteiger partial charge is 0.491 e. The van der Waals surface area contributed by atoms with Crippen LogP contribution in [0, 0.1) is 12.3 Å². The molecule has 112 valence electrons. The lowest BCUT2D eigenvalue weighted by molar-refractivity contribution is 0.141. The van der Waals surface area contributed by atoms with Gasteiger partial charge in [-0.05, 0) is 46.2 Å². The molecule has 4 heteroatoms. The Labute approximate surface area is 122 Å². The molecule has 0 heterocycles. The van der Waals surface area contributed by atoms with Crippen molar-refractivity contribution in [1.29, 1.82) is 5.41 Å². The van der Waals surface area contributed by atoms with E-state index in [0.29, 0.717) is 24.3 Å². The molecule has 0 fully saturated rings. The summed E-state index contributed by atoms with van der Waals surface area (Å²) in [6, 6.07) is 6.68. The minimum Gasteiger partial charge on any atom is -0.491 e. The molecular formula is C16H27N3O. The topological polar surface area (TPSA) is 62.3 Å². The zero-order chi connectivity index (χ0) is 15.3. The number of benzene rings is 1. The first kappa shape index (κ1) is 16.5.